The molecule has 0 spiro atoms. The van der Waals surface area contributed by atoms with E-state index >= 15 is 0 Å². The summed E-state index contributed by atoms with van der Waals surface area (Å²) < 4.78 is 10.4. The number of nitrogens with zero attached hydrogens (tertiary/aromatic N) is 4. The SMILES string of the molecule is CCCCN1C(=O)C(=C2/C(=C\C=c3\c4cccc5cccc(c54)n3C(C)CCC)CC/C2=C\C=c2\c3cccc4cccc(c43)n2C(C)CCC)C(=O)N(C(C)COC)C1=O. The molecule has 0 radical (unpaired) electrons. The van der Waals surface area contributed by atoms with Gasteiger partial charge in [-0.05, 0) is 105 Å². The summed E-state index contributed by atoms with van der Waals surface area (Å²) in [7, 11) is 1.56. The second-order valence-corrected chi connectivity index (χ2v) is 17.2. The van der Waals surface area contributed by atoms with Crippen molar-refractivity contribution < 1.29 is 19.1 Å². The normalized spacial score (nSPS) is 20.1. The van der Waals surface area contributed by atoms with Crippen molar-refractivity contribution in [3.8, 4) is 0 Å². The molecule has 1 aliphatic carbocycles. The van der Waals surface area contributed by atoms with Crippen LogP contribution in [-0.4, -0.2) is 63.1 Å². The molecule has 61 heavy (non-hydrogen) atoms. The van der Waals surface area contributed by atoms with Crippen LogP contribution in [0.15, 0.2) is 107 Å². The highest BCUT2D eigenvalue weighted by Crippen LogP contribution is 2.41. The van der Waals surface area contributed by atoms with Gasteiger partial charge in [-0.2, -0.15) is 0 Å². The Bertz CT molecular complexity index is 2700. The Hall–Kier alpha value is -5.73. The molecule has 1 saturated carbocycles. The molecule has 2 fully saturated rings. The van der Waals surface area contributed by atoms with Gasteiger partial charge >= 0.3 is 6.03 Å². The number of urea groups is 1. The standard InChI is InChI=1S/C53H60N4O4/c1-8-11-32-54-51(58)50(52(59)57(53(54)60)36(6)33-61-7)47-39(28-30-43-41-22-12-18-37-20-14-24-45(48(37)41)55(43)34(4)16-9-2)26-27-40(47)29-31-44-42-23-13-19-38-21-15-25-46(49(38)42)56(44)35(5)17-10-3/h12-15,18-25,28-31,34-36H,8-11,16-17,26-27,32-33H2,1-7H3/b39-28-,40-29+,43-30-,44-31-,50-47?. The zero-order valence-electron chi connectivity index (χ0n) is 37.0. The number of unbranched alkanes of at least 4 members (excludes halogenated alkanes) is 1. The number of benzene rings is 4. The zero-order chi connectivity index (χ0) is 42.9. The lowest BCUT2D eigenvalue weighted by molar-refractivity contribution is -0.137. The van der Waals surface area contributed by atoms with Gasteiger partial charge in [0.1, 0.15) is 5.57 Å². The highest BCUT2D eigenvalue weighted by Gasteiger charge is 2.46. The van der Waals surface area contributed by atoms with Crippen molar-refractivity contribution in [2.75, 3.05) is 20.3 Å². The van der Waals surface area contributed by atoms with Crippen molar-refractivity contribution in [1.82, 2.24) is 18.9 Å². The average molecular weight is 817 g/mol. The topological polar surface area (TPSA) is 76.8 Å². The number of hydrogen-bond donors (Lipinski definition) is 0. The van der Waals surface area contributed by atoms with Crippen LogP contribution >= 0.6 is 0 Å². The van der Waals surface area contributed by atoms with Crippen LogP contribution in [0.5, 0.6) is 0 Å². The summed E-state index contributed by atoms with van der Waals surface area (Å²) in [6.07, 6.45) is 15.6. The second-order valence-electron chi connectivity index (χ2n) is 17.2. The van der Waals surface area contributed by atoms with Gasteiger partial charge in [0.25, 0.3) is 11.8 Å². The molecule has 2 aliphatic rings. The summed E-state index contributed by atoms with van der Waals surface area (Å²) in [6.45, 7) is 13.3. The Balaban J connectivity index is 1.41. The molecule has 3 heterocycles. The Morgan fingerprint density at radius 3 is 1.56 bits per heavy atom. The van der Waals surface area contributed by atoms with Crippen molar-refractivity contribution in [3.63, 3.8) is 0 Å². The van der Waals surface area contributed by atoms with Crippen LogP contribution in [0.4, 0.5) is 4.79 Å². The van der Waals surface area contributed by atoms with Gasteiger partial charge in [0.05, 0.1) is 12.6 Å². The molecular formula is C53H60N4O4. The van der Waals surface area contributed by atoms with E-state index < -0.39 is 23.9 Å². The molecule has 0 bridgehead atoms. The monoisotopic (exact) mass is 816 g/mol. The third kappa shape index (κ3) is 7.33. The van der Waals surface area contributed by atoms with Crippen LogP contribution in [0.1, 0.15) is 105 Å². The first-order valence-corrected chi connectivity index (χ1v) is 22.5. The summed E-state index contributed by atoms with van der Waals surface area (Å²) >= 11 is 0. The summed E-state index contributed by atoms with van der Waals surface area (Å²) in [6, 6.07) is 25.4. The first-order chi connectivity index (χ1) is 29.6. The maximum atomic E-state index is 14.9. The van der Waals surface area contributed by atoms with E-state index in [-0.39, 0.29) is 30.8 Å². The van der Waals surface area contributed by atoms with Crippen LogP contribution < -0.4 is 10.7 Å². The van der Waals surface area contributed by atoms with Crippen LogP contribution in [0, 0.1) is 0 Å². The molecule has 3 atom stereocenters. The molecule has 6 aromatic rings. The first kappa shape index (κ1) is 42.0. The summed E-state index contributed by atoms with van der Waals surface area (Å²) in [5.41, 5.74) is 4.93. The minimum atomic E-state index is -0.578. The van der Waals surface area contributed by atoms with Gasteiger partial charge in [-0.3, -0.25) is 19.4 Å². The van der Waals surface area contributed by atoms with E-state index in [1.807, 2.05) is 6.92 Å². The zero-order valence-corrected chi connectivity index (χ0v) is 37.0. The number of barbiturate groups is 1. The molecular weight excluding hydrogens is 757 g/mol. The number of carbonyl (C=O) groups is 3. The molecule has 0 N–H and O–H groups in total. The molecule has 8 nitrogen and oxygen atoms in total. The number of methoxy groups -OCH3 is 1. The van der Waals surface area contributed by atoms with Crippen molar-refractivity contribution in [2.45, 2.75) is 111 Å². The van der Waals surface area contributed by atoms with Crippen LogP contribution in [0.3, 0.4) is 0 Å². The minimum absolute atomic E-state index is 0.0616. The van der Waals surface area contributed by atoms with E-state index in [2.05, 4.69) is 134 Å². The molecule has 4 amide bonds. The molecule has 8 rings (SSSR count). The number of imide groups is 2. The lowest BCUT2D eigenvalue weighted by atomic mass is 9.94. The van der Waals surface area contributed by atoms with Crippen molar-refractivity contribution in [1.29, 1.82) is 0 Å². The van der Waals surface area contributed by atoms with E-state index in [4.69, 9.17) is 4.74 Å². The second kappa shape index (κ2) is 17.7. The Morgan fingerprint density at radius 1 is 0.607 bits per heavy atom. The quantitative estimate of drug-likeness (QED) is 0.0810. The average Bonchev–Trinajstić information content (AvgIpc) is 3.91. The van der Waals surface area contributed by atoms with Crippen LogP contribution in [0.25, 0.3) is 55.5 Å². The maximum absolute atomic E-state index is 14.9. The fourth-order valence-corrected chi connectivity index (χ4v) is 10.2. The third-order valence-corrected chi connectivity index (χ3v) is 13.0. The minimum Gasteiger partial charge on any atom is -0.383 e. The Labute approximate surface area is 359 Å². The molecule has 4 aromatic carbocycles. The molecule has 1 aliphatic heterocycles. The van der Waals surface area contributed by atoms with Gasteiger partial charge in [-0.1, -0.05) is 113 Å². The van der Waals surface area contributed by atoms with Gasteiger partial charge < -0.3 is 13.9 Å². The van der Waals surface area contributed by atoms with Crippen molar-refractivity contribution >= 4 is 73.3 Å². The van der Waals surface area contributed by atoms with Crippen molar-refractivity contribution in [3.05, 3.63) is 118 Å². The number of rotatable bonds is 14. The fourth-order valence-electron chi connectivity index (χ4n) is 10.2. The third-order valence-electron chi connectivity index (χ3n) is 13.0. The predicted octanol–water partition coefficient (Wildman–Crippen LogP) is 10.9. The van der Waals surface area contributed by atoms with Crippen molar-refractivity contribution in [2.24, 2.45) is 0 Å². The first-order valence-electron chi connectivity index (χ1n) is 22.5. The highest BCUT2D eigenvalue weighted by molar-refractivity contribution is 6.30. The Morgan fingerprint density at radius 2 is 1.10 bits per heavy atom. The van der Waals surface area contributed by atoms with E-state index in [1.165, 1.54) is 53.2 Å². The van der Waals surface area contributed by atoms with Gasteiger partial charge in [0, 0.05) is 69.0 Å². The van der Waals surface area contributed by atoms with E-state index in [9.17, 15) is 14.4 Å². The largest absolute Gasteiger partial charge is 0.383 e. The highest BCUT2D eigenvalue weighted by atomic mass is 16.5. The lowest BCUT2D eigenvalue weighted by Gasteiger charge is -2.37. The molecule has 1 saturated heterocycles. The summed E-state index contributed by atoms with van der Waals surface area (Å²) in [4.78, 5) is 46.3. The van der Waals surface area contributed by atoms with E-state index in [0.29, 0.717) is 24.8 Å². The number of allylic oxidation sites excluding steroid dienone is 5. The predicted molar refractivity (Wildman–Crippen MR) is 250 cm³/mol. The molecule has 8 heteroatoms. The summed E-state index contributed by atoms with van der Waals surface area (Å²) in [5, 5.41) is 9.47. The maximum Gasteiger partial charge on any atom is 0.334 e. The molecule has 316 valence electrons. The smallest absolute Gasteiger partial charge is 0.334 e. The Kier molecular flexibility index (Phi) is 12.2. The van der Waals surface area contributed by atoms with Crippen LogP contribution in [0.2, 0.25) is 0 Å². The van der Waals surface area contributed by atoms with Gasteiger partial charge in [0.15, 0.2) is 0 Å². The molecule has 3 unspecified atom stereocenters. The van der Waals surface area contributed by atoms with E-state index in [0.717, 1.165) is 53.9 Å². The van der Waals surface area contributed by atoms with Gasteiger partial charge in [-0.15, -0.1) is 0 Å². The fraction of sp³-hybridized carbons (Fsp3) is 0.377. The van der Waals surface area contributed by atoms with Gasteiger partial charge in [0.2, 0.25) is 0 Å². The molecule has 2 aromatic heterocycles. The lowest BCUT2D eigenvalue weighted by Crippen LogP contribution is -2.60. The van der Waals surface area contributed by atoms with Gasteiger partial charge in [-0.25, -0.2) is 4.79 Å². The number of amides is 4. The summed E-state index contributed by atoms with van der Waals surface area (Å²) in [5.74, 6) is -1.08. The van der Waals surface area contributed by atoms with Crippen LogP contribution in [-0.2, 0) is 14.3 Å². The number of hydrogen-bond acceptors (Lipinski definition) is 4. The number of carbonyl (C=O) groups excluding carboxylic acids is 3. The number of aromatic nitrogens is 2. The number of ether oxygens (including phenoxy) is 1. The van der Waals surface area contributed by atoms with E-state index in [1.54, 1.807) is 14.0 Å².